The molecule has 0 radical (unpaired) electrons. The molecule has 7 nitrogen and oxygen atoms in total. The summed E-state index contributed by atoms with van der Waals surface area (Å²) in [6.07, 6.45) is 3.30. The summed E-state index contributed by atoms with van der Waals surface area (Å²) in [7, 11) is 4.95. The Morgan fingerprint density at radius 3 is 2.71 bits per heavy atom. The third kappa shape index (κ3) is 3.23. The topological polar surface area (TPSA) is 78.3 Å². The maximum absolute atomic E-state index is 12.2. The molecule has 1 amide bonds. The molecular formula is C16H16N4O3S. The van der Waals surface area contributed by atoms with E-state index in [2.05, 4.69) is 15.4 Å². The van der Waals surface area contributed by atoms with Crippen molar-refractivity contribution in [1.82, 2.24) is 14.8 Å². The molecule has 0 aliphatic heterocycles. The highest BCUT2D eigenvalue weighted by molar-refractivity contribution is 7.13. The Morgan fingerprint density at radius 1 is 1.25 bits per heavy atom. The van der Waals surface area contributed by atoms with E-state index in [0.29, 0.717) is 22.9 Å². The van der Waals surface area contributed by atoms with Gasteiger partial charge in [0.1, 0.15) is 10.7 Å². The van der Waals surface area contributed by atoms with Crippen LogP contribution in [0.1, 0.15) is 10.5 Å². The smallest absolute Gasteiger partial charge is 0.275 e. The highest BCUT2D eigenvalue weighted by atomic mass is 32.1. The number of aromatic nitrogens is 3. The molecule has 1 N–H and O–H groups in total. The lowest BCUT2D eigenvalue weighted by Crippen LogP contribution is -2.11. The highest BCUT2D eigenvalue weighted by Gasteiger charge is 2.14. The average molecular weight is 344 g/mol. The molecule has 3 aromatic rings. The monoisotopic (exact) mass is 344 g/mol. The first-order chi connectivity index (χ1) is 11.6. The van der Waals surface area contributed by atoms with Crippen LogP contribution in [0.2, 0.25) is 0 Å². The van der Waals surface area contributed by atoms with E-state index in [4.69, 9.17) is 9.47 Å². The lowest BCUT2D eigenvalue weighted by molar-refractivity contribution is 0.102. The minimum absolute atomic E-state index is 0.272. The van der Waals surface area contributed by atoms with Gasteiger partial charge in [0.15, 0.2) is 11.5 Å². The number of ether oxygens (including phenoxy) is 2. The van der Waals surface area contributed by atoms with Crippen LogP contribution < -0.4 is 14.8 Å². The minimum atomic E-state index is -0.272. The Hall–Kier alpha value is -2.87. The molecule has 0 spiro atoms. The third-order valence-electron chi connectivity index (χ3n) is 3.33. The number of benzene rings is 1. The third-order valence-corrected chi connectivity index (χ3v) is 4.22. The van der Waals surface area contributed by atoms with Gasteiger partial charge in [-0.2, -0.15) is 5.10 Å². The van der Waals surface area contributed by atoms with Crippen molar-refractivity contribution in [2.24, 2.45) is 7.05 Å². The number of hydrogen-bond acceptors (Lipinski definition) is 6. The summed E-state index contributed by atoms with van der Waals surface area (Å²) in [6.45, 7) is 0. The lowest BCUT2D eigenvalue weighted by atomic mass is 10.2. The number of thiazole rings is 1. The highest BCUT2D eigenvalue weighted by Crippen LogP contribution is 2.33. The van der Waals surface area contributed by atoms with Crippen molar-refractivity contribution in [3.05, 3.63) is 41.7 Å². The molecule has 8 heteroatoms. The van der Waals surface area contributed by atoms with E-state index >= 15 is 0 Å². The van der Waals surface area contributed by atoms with Gasteiger partial charge in [-0.25, -0.2) is 4.98 Å². The molecule has 0 unspecified atom stereocenters. The fraction of sp³-hybridized carbons (Fsp3) is 0.188. The van der Waals surface area contributed by atoms with Gasteiger partial charge in [0.05, 0.1) is 26.1 Å². The first-order valence-corrected chi connectivity index (χ1v) is 7.96. The van der Waals surface area contributed by atoms with Gasteiger partial charge in [-0.15, -0.1) is 11.3 Å². The van der Waals surface area contributed by atoms with Crippen LogP contribution in [0.25, 0.3) is 10.6 Å². The molecule has 0 bridgehead atoms. The second kappa shape index (κ2) is 6.71. The number of nitrogens with zero attached hydrogens (tertiary/aromatic N) is 3. The van der Waals surface area contributed by atoms with Gasteiger partial charge in [0.25, 0.3) is 5.91 Å². The number of anilines is 1. The van der Waals surface area contributed by atoms with Gasteiger partial charge < -0.3 is 14.8 Å². The quantitative estimate of drug-likeness (QED) is 0.770. The lowest BCUT2D eigenvalue weighted by Gasteiger charge is -2.08. The predicted molar refractivity (Wildman–Crippen MR) is 91.8 cm³/mol. The summed E-state index contributed by atoms with van der Waals surface area (Å²) >= 11 is 1.39. The van der Waals surface area contributed by atoms with Gasteiger partial charge >= 0.3 is 0 Å². The zero-order valence-corrected chi connectivity index (χ0v) is 14.3. The number of aryl methyl sites for hydroxylation is 1. The van der Waals surface area contributed by atoms with Crippen molar-refractivity contribution in [3.8, 4) is 22.1 Å². The van der Waals surface area contributed by atoms with E-state index < -0.39 is 0 Å². The predicted octanol–water partition coefficient (Wildman–Crippen LogP) is 2.81. The van der Waals surface area contributed by atoms with Gasteiger partial charge in [-0.1, -0.05) is 0 Å². The summed E-state index contributed by atoms with van der Waals surface area (Å²) in [5.41, 5.74) is 1.84. The summed E-state index contributed by atoms with van der Waals surface area (Å²) in [4.78, 5) is 16.6. The maximum atomic E-state index is 12.2. The first-order valence-electron chi connectivity index (χ1n) is 7.08. The standard InChI is InChI=1S/C16H16N4O3S/c1-20-8-11(7-17-20)18-15(21)12-9-24-16(19-12)10-4-5-13(22-2)14(6-10)23-3/h4-9H,1-3H3,(H,18,21). The summed E-state index contributed by atoms with van der Waals surface area (Å²) in [5.74, 6) is 0.991. The molecule has 1 aromatic carbocycles. The maximum Gasteiger partial charge on any atom is 0.275 e. The van der Waals surface area contributed by atoms with E-state index in [1.165, 1.54) is 11.3 Å². The molecule has 0 atom stereocenters. The van der Waals surface area contributed by atoms with E-state index in [0.717, 1.165) is 10.6 Å². The van der Waals surface area contributed by atoms with Gasteiger partial charge in [0, 0.05) is 24.2 Å². The average Bonchev–Trinajstić information content (AvgIpc) is 3.23. The van der Waals surface area contributed by atoms with Crippen LogP contribution >= 0.6 is 11.3 Å². The molecule has 0 aliphatic rings. The first kappa shape index (κ1) is 16.0. The molecule has 0 saturated carbocycles. The molecule has 3 rings (SSSR count). The number of amides is 1. The number of rotatable bonds is 5. The Balaban J connectivity index is 1.81. The molecule has 124 valence electrons. The number of methoxy groups -OCH3 is 2. The molecule has 0 aliphatic carbocycles. The van der Waals surface area contributed by atoms with Crippen LogP contribution in [0.3, 0.4) is 0 Å². The molecule has 2 aromatic heterocycles. The van der Waals surface area contributed by atoms with Crippen LogP contribution in [-0.2, 0) is 7.05 Å². The molecular weight excluding hydrogens is 328 g/mol. The normalized spacial score (nSPS) is 10.5. The van der Waals surface area contributed by atoms with E-state index in [1.54, 1.807) is 43.7 Å². The van der Waals surface area contributed by atoms with Crippen LogP contribution in [0.15, 0.2) is 36.0 Å². The fourth-order valence-electron chi connectivity index (χ4n) is 2.16. The SMILES string of the molecule is COc1ccc(-c2nc(C(=O)Nc3cnn(C)c3)cs2)cc1OC. The fourth-order valence-corrected chi connectivity index (χ4v) is 2.96. The Bertz CT molecular complexity index is 872. The van der Waals surface area contributed by atoms with Crippen molar-refractivity contribution < 1.29 is 14.3 Å². The van der Waals surface area contributed by atoms with E-state index in [9.17, 15) is 4.79 Å². The Labute approximate surface area is 142 Å². The summed E-state index contributed by atoms with van der Waals surface area (Å²) in [6, 6.07) is 5.52. The number of hydrogen-bond donors (Lipinski definition) is 1. The molecule has 0 saturated heterocycles. The van der Waals surface area contributed by atoms with Gasteiger partial charge in [-0.05, 0) is 18.2 Å². The molecule has 24 heavy (non-hydrogen) atoms. The Morgan fingerprint density at radius 2 is 2.04 bits per heavy atom. The number of carbonyl (C=O) groups excluding carboxylic acids is 1. The molecule has 2 heterocycles. The number of carbonyl (C=O) groups is 1. The van der Waals surface area contributed by atoms with Crippen LogP contribution in [0.4, 0.5) is 5.69 Å². The van der Waals surface area contributed by atoms with E-state index in [-0.39, 0.29) is 5.91 Å². The van der Waals surface area contributed by atoms with Crippen LogP contribution in [0, 0.1) is 0 Å². The van der Waals surface area contributed by atoms with Crippen molar-refractivity contribution >= 4 is 22.9 Å². The number of nitrogens with one attached hydrogen (secondary N) is 1. The Kier molecular flexibility index (Phi) is 4.48. The zero-order valence-electron chi connectivity index (χ0n) is 13.4. The summed E-state index contributed by atoms with van der Waals surface area (Å²) in [5, 5.41) is 9.22. The van der Waals surface area contributed by atoms with Crippen molar-refractivity contribution in [3.63, 3.8) is 0 Å². The summed E-state index contributed by atoms with van der Waals surface area (Å²) < 4.78 is 12.1. The van der Waals surface area contributed by atoms with Crippen molar-refractivity contribution in [1.29, 1.82) is 0 Å². The van der Waals surface area contributed by atoms with E-state index in [1.807, 2.05) is 18.2 Å². The van der Waals surface area contributed by atoms with Gasteiger partial charge in [0.2, 0.25) is 0 Å². The largest absolute Gasteiger partial charge is 0.493 e. The van der Waals surface area contributed by atoms with Crippen LogP contribution in [0.5, 0.6) is 11.5 Å². The van der Waals surface area contributed by atoms with Gasteiger partial charge in [-0.3, -0.25) is 9.48 Å². The second-order valence-electron chi connectivity index (χ2n) is 4.96. The minimum Gasteiger partial charge on any atom is -0.493 e. The second-order valence-corrected chi connectivity index (χ2v) is 5.82. The van der Waals surface area contributed by atoms with Crippen LogP contribution in [-0.4, -0.2) is 34.9 Å². The van der Waals surface area contributed by atoms with Crippen molar-refractivity contribution in [2.75, 3.05) is 19.5 Å². The molecule has 0 fully saturated rings. The zero-order chi connectivity index (χ0) is 17.1. The van der Waals surface area contributed by atoms with Crippen molar-refractivity contribution in [2.45, 2.75) is 0 Å².